The molecule has 3 aromatic carbocycles. The highest BCUT2D eigenvalue weighted by Crippen LogP contribution is 2.36. The van der Waals surface area contributed by atoms with Gasteiger partial charge < -0.3 is 9.47 Å². The molecule has 0 N–H and O–H groups in total. The number of hydrogen-bond donors (Lipinski definition) is 0. The van der Waals surface area contributed by atoms with Gasteiger partial charge in [0, 0.05) is 6.07 Å². The van der Waals surface area contributed by atoms with Crippen LogP contribution in [0.2, 0.25) is 0 Å². The summed E-state index contributed by atoms with van der Waals surface area (Å²) in [5, 5.41) is 0. The Morgan fingerprint density at radius 1 is 0.828 bits per heavy atom. The zero-order valence-corrected chi connectivity index (χ0v) is 16.1. The highest BCUT2D eigenvalue weighted by molar-refractivity contribution is 7.91. The minimum absolute atomic E-state index is 0.0293. The molecular formula is C21H17F3O4S. The van der Waals surface area contributed by atoms with Gasteiger partial charge in [-0.25, -0.2) is 8.42 Å². The lowest BCUT2D eigenvalue weighted by Gasteiger charge is -2.15. The highest BCUT2D eigenvalue weighted by Gasteiger charge is 2.33. The van der Waals surface area contributed by atoms with Crippen molar-refractivity contribution in [3.63, 3.8) is 0 Å². The SMILES string of the molecule is Cc1ccc(S(=O)(=O)c2ccc(OC(F)(F)F)c(OCc3ccccc3)c2)cc1. The van der Waals surface area contributed by atoms with Crippen LogP contribution in [0.3, 0.4) is 0 Å². The van der Waals surface area contributed by atoms with Crippen LogP contribution in [0.25, 0.3) is 0 Å². The summed E-state index contributed by atoms with van der Waals surface area (Å²) in [5.41, 5.74) is 1.59. The lowest BCUT2D eigenvalue weighted by Crippen LogP contribution is -2.18. The van der Waals surface area contributed by atoms with Gasteiger partial charge in [-0.05, 0) is 36.8 Å². The topological polar surface area (TPSA) is 52.6 Å². The molecule has 0 amide bonds. The summed E-state index contributed by atoms with van der Waals surface area (Å²) in [4.78, 5) is -0.166. The van der Waals surface area contributed by atoms with Crippen molar-refractivity contribution in [2.75, 3.05) is 0 Å². The Balaban J connectivity index is 1.97. The van der Waals surface area contributed by atoms with Crippen LogP contribution in [0.15, 0.2) is 82.6 Å². The van der Waals surface area contributed by atoms with E-state index < -0.39 is 21.9 Å². The molecule has 0 saturated carbocycles. The van der Waals surface area contributed by atoms with Crippen LogP contribution in [0, 0.1) is 6.92 Å². The molecule has 0 aliphatic heterocycles. The lowest BCUT2D eigenvalue weighted by molar-refractivity contribution is -0.275. The van der Waals surface area contributed by atoms with E-state index in [9.17, 15) is 21.6 Å². The van der Waals surface area contributed by atoms with Crippen molar-refractivity contribution in [1.82, 2.24) is 0 Å². The maximum atomic E-state index is 12.8. The van der Waals surface area contributed by atoms with E-state index in [2.05, 4.69) is 4.74 Å². The maximum absolute atomic E-state index is 12.8. The smallest absolute Gasteiger partial charge is 0.485 e. The first-order chi connectivity index (χ1) is 13.6. The minimum atomic E-state index is -4.94. The van der Waals surface area contributed by atoms with Crippen molar-refractivity contribution in [2.24, 2.45) is 0 Å². The standard InChI is InChI=1S/C21H17F3O4S/c1-15-7-9-17(10-8-15)29(25,26)18-11-12-19(28-21(22,23)24)20(13-18)27-14-16-5-3-2-4-6-16/h2-13H,14H2,1H3. The molecule has 8 heteroatoms. The number of halogens is 3. The van der Waals surface area contributed by atoms with Crippen molar-refractivity contribution in [1.29, 1.82) is 0 Å². The molecule has 0 heterocycles. The molecular weight excluding hydrogens is 405 g/mol. The lowest BCUT2D eigenvalue weighted by atomic mass is 10.2. The number of hydrogen-bond acceptors (Lipinski definition) is 4. The second kappa shape index (κ2) is 8.16. The number of rotatable bonds is 6. The Labute approximate surface area is 166 Å². The van der Waals surface area contributed by atoms with Gasteiger partial charge in [0.15, 0.2) is 11.5 Å². The molecule has 0 fully saturated rings. The van der Waals surface area contributed by atoms with Gasteiger partial charge in [0.2, 0.25) is 9.84 Å². The van der Waals surface area contributed by atoms with E-state index in [0.29, 0.717) is 5.56 Å². The fraction of sp³-hybridized carbons (Fsp3) is 0.143. The van der Waals surface area contributed by atoms with E-state index in [0.717, 1.165) is 23.8 Å². The average molecular weight is 422 g/mol. The molecule has 29 heavy (non-hydrogen) atoms. The fourth-order valence-electron chi connectivity index (χ4n) is 2.57. The van der Waals surface area contributed by atoms with Crippen LogP contribution in [0.4, 0.5) is 13.2 Å². The number of ether oxygens (including phenoxy) is 2. The largest absolute Gasteiger partial charge is 0.573 e. The molecule has 0 aliphatic rings. The average Bonchev–Trinajstić information content (AvgIpc) is 2.67. The van der Waals surface area contributed by atoms with Gasteiger partial charge in [-0.2, -0.15) is 0 Å². The van der Waals surface area contributed by atoms with E-state index in [1.165, 1.54) is 12.1 Å². The van der Waals surface area contributed by atoms with Crippen molar-refractivity contribution in [2.45, 2.75) is 29.7 Å². The number of benzene rings is 3. The van der Waals surface area contributed by atoms with E-state index >= 15 is 0 Å². The van der Waals surface area contributed by atoms with Crippen LogP contribution in [-0.4, -0.2) is 14.8 Å². The Bertz CT molecular complexity index is 1080. The van der Waals surface area contributed by atoms with E-state index in [1.807, 2.05) is 6.92 Å². The molecule has 0 saturated heterocycles. The van der Waals surface area contributed by atoms with Gasteiger partial charge in [-0.1, -0.05) is 48.0 Å². The van der Waals surface area contributed by atoms with E-state index in [1.54, 1.807) is 42.5 Å². The predicted octanol–water partition coefficient (Wildman–Crippen LogP) is 5.31. The third-order valence-electron chi connectivity index (χ3n) is 4.02. The molecule has 0 aromatic heterocycles. The predicted molar refractivity (Wildman–Crippen MR) is 101 cm³/mol. The fourth-order valence-corrected chi connectivity index (χ4v) is 3.84. The van der Waals surface area contributed by atoms with Crippen molar-refractivity contribution in [3.8, 4) is 11.5 Å². The first-order valence-electron chi connectivity index (χ1n) is 8.53. The normalized spacial score (nSPS) is 11.9. The quantitative estimate of drug-likeness (QED) is 0.541. The van der Waals surface area contributed by atoms with Crippen LogP contribution in [0.5, 0.6) is 11.5 Å². The molecule has 0 spiro atoms. The van der Waals surface area contributed by atoms with Gasteiger partial charge in [-0.15, -0.1) is 13.2 Å². The Hall–Kier alpha value is -3.00. The Morgan fingerprint density at radius 3 is 2.07 bits per heavy atom. The summed E-state index contributed by atoms with van der Waals surface area (Å²) >= 11 is 0. The van der Waals surface area contributed by atoms with Gasteiger partial charge >= 0.3 is 6.36 Å². The number of aryl methyl sites for hydroxylation is 1. The van der Waals surface area contributed by atoms with Crippen molar-refractivity contribution < 1.29 is 31.1 Å². The third kappa shape index (κ3) is 5.29. The van der Waals surface area contributed by atoms with Crippen molar-refractivity contribution >= 4 is 9.84 Å². The Morgan fingerprint density at radius 2 is 1.45 bits per heavy atom. The summed E-state index contributed by atoms with van der Waals surface area (Å²) in [6, 6.07) is 18.0. The van der Waals surface area contributed by atoms with E-state index in [4.69, 9.17) is 4.74 Å². The van der Waals surface area contributed by atoms with Gasteiger partial charge in [0.25, 0.3) is 0 Å². The first-order valence-corrected chi connectivity index (χ1v) is 10.0. The number of alkyl halides is 3. The zero-order valence-electron chi connectivity index (χ0n) is 15.3. The van der Waals surface area contributed by atoms with Crippen molar-refractivity contribution in [3.05, 3.63) is 83.9 Å². The Kier molecular flexibility index (Phi) is 5.83. The highest BCUT2D eigenvalue weighted by atomic mass is 32.2. The van der Waals surface area contributed by atoms with Gasteiger partial charge in [-0.3, -0.25) is 0 Å². The molecule has 0 unspecified atom stereocenters. The van der Waals surface area contributed by atoms with Crippen LogP contribution in [0.1, 0.15) is 11.1 Å². The molecule has 0 radical (unpaired) electrons. The summed E-state index contributed by atoms with van der Waals surface area (Å²) in [5.74, 6) is -0.935. The monoisotopic (exact) mass is 422 g/mol. The molecule has 3 aromatic rings. The van der Waals surface area contributed by atoms with Gasteiger partial charge in [0.05, 0.1) is 9.79 Å². The molecule has 0 atom stereocenters. The first kappa shape index (κ1) is 20.7. The van der Waals surface area contributed by atoms with Gasteiger partial charge in [0.1, 0.15) is 6.61 Å². The number of sulfone groups is 1. The summed E-state index contributed by atoms with van der Waals surface area (Å²) in [7, 11) is -3.94. The van der Waals surface area contributed by atoms with Crippen LogP contribution in [-0.2, 0) is 16.4 Å². The maximum Gasteiger partial charge on any atom is 0.573 e. The summed E-state index contributed by atoms with van der Waals surface area (Å²) in [6.07, 6.45) is -4.94. The summed E-state index contributed by atoms with van der Waals surface area (Å²) in [6.45, 7) is 1.76. The van der Waals surface area contributed by atoms with E-state index in [-0.39, 0.29) is 22.1 Å². The second-order valence-corrected chi connectivity index (χ2v) is 8.20. The molecule has 0 bridgehead atoms. The zero-order chi connectivity index (χ0) is 21.1. The minimum Gasteiger partial charge on any atom is -0.485 e. The summed E-state index contributed by atoms with van der Waals surface area (Å²) < 4.78 is 73.3. The van der Waals surface area contributed by atoms with Crippen LogP contribution >= 0.6 is 0 Å². The molecule has 0 aliphatic carbocycles. The third-order valence-corrected chi connectivity index (χ3v) is 5.79. The molecule has 152 valence electrons. The molecule has 4 nitrogen and oxygen atoms in total. The molecule has 3 rings (SSSR count). The second-order valence-electron chi connectivity index (χ2n) is 6.25. The van der Waals surface area contributed by atoms with Crippen LogP contribution < -0.4 is 9.47 Å².